The third-order valence-corrected chi connectivity index (χ3v) is 4.73. The molecule has 1 N–H and O–H groups in total. The second-order valence-electron chi connectivity index (χ2n) is 5.36. The molecule has 0 radical (unpaired) electrons. The Kier molecular flexibility index (Phi) is 5.20. The average Bonchev–Trinajstić information content (AvgIpc) is 3.10. The summed E-state index contributed by atoms with van der Waals surface area (Å²) in [6.07, 6.45) is 0.889. The average molecular weight is 335 g/mol. The zero-order chi connectivity index (χ0) is 17.1. The van der Waals surface area contributed by atoms with Gasteiger partial charge in [-0.2, -0.15) is 0 Å². The molecule has 2 heterocycles. The van der Waals surface area contributed by atoms with Gasteiger partial charge in [0.1, 0.15) is 5.69 Å². The molecule has 23 heavy (non-hydrogen) atoms. The van der Waals surface area contributed by atoms with Crippen LogP contribution >= 0.6 is 11.3 Å². The summed E-state index contributed by atoms with van der Waals surface area (Å²) in [6, 6.07) is 0. The van der Waals surface area contributed by atoms with Gasteiger partial charge in [0, 0.05) is 18.1 Å². The molecular weight excluding hydrogens is 314 g/mol. The molecule has 7 heteroatoms. The van der Waals surface area contributed by atoms with Gasteiger partial charge in [-0.15, -0.1) is 11.3 Å². The molecule has 0 unspecified atom stereocenters. The summed E-state index contributed by atoms with van der Waals surface area (Å²) in [5, 5.41) is 3.02. The number of aromatic nitrogens is 2. The summed E-state index contributed by atoms with van der Waals surface area (Å²) in [6.45, 7) is 5.98. The number of amides is 1. The van der Waals surface area contributed by atoms with Crippen molar-refractivity contribution in [3.8, 4) is 0 Å². The summed E-state index contributed by atoms with van der Waals surface area (Å²) in [5.74, 6) is -0.614. The highest BCUT2D eigenvalue weighted by atomic mass is 32.1. The fourth-order valence-electron chi connectivity index (χ4n) is 2.46. The number of thiazole rings is 1. The van der Waals surface area contributed by atoms with E-state index < -0.39 is 5.97 Å². The first-order chi connectivity index (χ1) is 10.9. The summed E-state index contributed by atoms with van der Waals surface area (Å²) >= 11 is 1.60. The highest BCUT2D eigenvalue weighted by Crippen LogP contribution is 2.21. The van der Waals surface area contributed by atoms with E-state index in [-0.39, 0.29) is 5.91 Å². The molecular formula is C16H21N3O3S. The zero-order valence-corrected chi connectivity index (χ0v) is 14.8. The van der Waals surface area contributed by atoms with Crippen molar-refractivity contribution < 1.29 is 14.3 Å². The quantitative estimate of drug-likeness (QED) is 0.853. The van der Waals surface area contributed by atoms with E-state index in [1.165, 1.54) is 7.11 Å². The maximum atomic E-state index is 12.6. The number of carbonyl (C=O) groups excluding carboxylic acids is 2. The molecule has 1 amide bonds. The Morgan fingerprint density at radius 3 is 2.65 bits per heavy atom. The predicted molar refractivity (Wildman–Crippen MR) is 88.9 cm³/mol. The maximum absolute atomic E-state index is 12.6. The number of H-pyrrole nitrogens is 1. The zero-order valence-electron chi connectivity index (χ0n) is 14.0. The summed E-state index contributed by atoms with van der Waals surface area (Å²) < 4.78 is 4.77. The van der Waals surface area contributed by atoms with E-state index in [0.717, 1.165) is 17.1 Å². The number of nitrogens with one attached hydrogen (secondary N) is 1. The van der Waals surface area contributed by atoms with Crippen LogP contribution < -0.4 is 0 Å². The van der Waals surface area contributed by atoms with Crippen molar-refractivity contribution >= 4 is 23.2 Å². The molecule has 0 aliphatic carbocycles. The summed E-state index contributed by atoms with van der Waals surface area (Å²) in [7, 11) is 3.05. The van der Waals surface area contributed by atoms with E-state index in [1.807, 2.05) is 5.38 Å². The molecule has 2 aromatic heterocycles. The van der Waals surface area contributed by atoms with Gasteiger partial charge in [0.05, 0.1) is 29.9 Å². The number of carbonyl (C=O) groups is 2. The van der Waals surface area contributed by atoms with Crippen LogP contribution in [0.5, 0.6) is 0 Å². The molecule has 0 aromatic carbocycles. The van der Waals surface area contributed by atoms with Gasteiger partial charge in [-0.1, -0.05) is 6.92 Å². The summed E-state index contributed by atoms with van der Waals surface area (Å²) in [4.78, 5) is 33.5. The van der Waals surface area contributed by atoms with E-state index in [9.17, 15) is 9.59 Å². The largest absolute Gasteiger partial charge is 0.465 e. The number of ether oxygens (including phenoxy) is 1. The lowest BCUT2D eigenvalue weighted by Crippen LogP contribution is -2.27. The molecule has 0 aliphatic rings. The lowest BCUT2D eigenvalue weighted by Gasteiger charge is -2.15. The number of rotatable bonds is 5. The van der Waals surface area contributed by atoms with Crippen molar-refractivity contribution in [2.45, 2.75) is 33.7 Å². The van der Waals surface area contributed by atoms with Gasteiger partial charge in [0.25, 0.3) is 5.91 Å². The Balaban J connectivity index is 2.21. The van der Waals surface area contributed by atoms with E-state index in [2.05, 4.69) is 16.9 Å². The van der Waals surface area contributed by atoms with Crippen molar-refractivity contribution in [3.05, 3.63) is 38.6 Å². The van der Waals surface area contributed by atoms with Crippen LogP contribution in [-0.2, 0) is 17.7 Å². The molecule has 0 atom stereocenters. The van der Waals surface area contributed by atoms with Gasteiger partial charge >= 0.3 is 5.97 Å². The van der Waals surface area contributed by atoms with Crippen LogP contribution in [-0.4, -0.2) is 40.9 Å². The highest BCUT2D eigenvalue weighted by Gasteiger charge is 2.24. The van der Waals surface area contributed by atoms with Crippen LogP contribution in [0.1, 0.15) is 49.7 Å². The first-order valence-corrected chi connectivity index (χ1v) is 8.23. The van der Waals surface area contributed by atoms with E-state index in [0.29, 0.717) is 29.1 Å². The number of aromatic amines is 1. The van der Waals surface area contributed by atoms with Crippen LogP contribution in [0.3, 0.4) is 0 Å². The lowest BCUT2D eigenvalue weighted by atomic mass is 10.1. The summed E-state index contributed by atoms with van der Waals surface area (Å²) in [5.41, 5.74) is 2.95. The normalized spacial score (nSPS) is 10.7. The van der Waals surface area contributed by atoms with E-state index in [1.54, 1.807) is 37.1 Å². The second kappa shape index (κ2) is 6.95. The van der Waals surface area contributed by atoms with Crippen LogP contribution in [0.2, 0.25) is 0 Å². The van der Waals surface area contributed by atoms with Gasteiger partial charge in [-0.05, 0) is 25.8 Å². The van der Waals surface area contributed by atoms with Gasteiger partial charge in [-0.3, -0.25) is 4.79 Å². The minimum absolute atomic E-state index is 0.174. The fraction of sp³-hybridized carbons (Fsp3) is 0.438. The molecule has 0 fully saturated rings. The molecule has 0 bridgehead atoms. The Morgan fingerprint density at radius 1 is 1.39 bits per heavy atom. The molecule has 2 rings (SSSR count). The Bertz CT molecular complexity index is 733. The Morgan fingerprint density at radius 2 is 2.09 bits per heavy atom. The topological polar surface area (TPSA) is 75.3 Å². The first kappa shape index (κ1) is 17.2. The molecule has 6 nitrogen and oxygen atoms in total. The lowest BCUT2D eigenvalue weighted by molar-refractivity contribution is 0.0599. The molecule has 0 aliphatic heterocycles. The fourth-order valence-corrected chi connectivity index (χ4v) is 3.20. The molecule has 2 aromatic rings. The van der Waals surface area contributed by atoms with Crippen molar-refractivity contribution in [2.24, 2.45) is 0 Å². The van der Waals surface area contributed by atoms with Crippen molar-refractivity contribution in [3.63, 3.8) is 0 Å². The van der Waals surface area contributed by atoms with Gasteiger partial charge in [-0.25, -0.2) is 9.78 Å². The highest BCUT2D eigenvalue weighted by molar-refractivity contribution is 7.09. The smallest absolute Gasteiger partial charge is 0.339 e. The van der Waals surface area contributed by atoms with Gasteiger partial charge in [0.2, 0.25) is 0 Å². The number of esters is 1. The third kappa shape index (κ3) is 3.44. The van der Waals surface area contributed by atoms with Crippen LogP contribution in [0.4, 0.5) is 0 Å². The number of hydrogen-bond acceptors (Lipinski definition) is 5. The number of aryl methyl sites for hydroxylation is 2. The molecule has 124 valence electrons. The molecule has 0 spiro atoms. The Hall–Kier alpha value is -2.15. The van der Waals surface area contributed by atoms with Gasteiger partial charge < -0.3 is 14.6 Å². The molecule has 0 saturated heterocycles. The first-order valence-electron chi connectivity index (χ1n) is 7.35. The van der Waals surface area contributed by atoms with Crippen molar-refractivity contribution in [1.82, 2.24) is 14.9 Å². The third-order valence-electron chi connectivity index (χ3n) is 3.69. The minimum atomic E-state index is -0.440. The van der Waals surface area contributed by atoms with Gasteiger partial charge in [0.15, 0.2) is 0 Å². The monoisotopic (exact) mass is 335 g/mol. The van der Waals surface area contributed by atoms with Crippen LogP contribution in [0, 0.1) is 13.8 Å². The van der Waals surface area contributed by atoms with E-state index >= 15 is 0 Å². The number of nitrogens with zero attached hydrogens (tertiary/aromatic N) is 2. The standard InChI is InChI=1S/C16H21N3O3S/c1-6-12-18-11(8-23-12)7-19(4)15(20)14-9(2)13(10(3)17-14)16(21)22-5/h8,17H,6-7H2,1-5H3. The SMILES string of the molecule is CCc1nc(CN(C)C(=O)c2[nH]c(C)c(C(=O)OC)c2C)cs1. The maximum Gasteiger partial charge on any atom is 0.339 e. The Labute approximate surface area is 139 Å². The number of methoxy groups -OCH3 is 1. The van der Waals surface area contributed by atoms with E-state index in [4.69, 9.17) is 4.74 Å². The number of hydrogen-bond donors (Lipinski definition) is 1. The molecule has 0 saturated carbocycles. The van der Waals surface area contributed by atoms with Crippen molar-refractivity contribution in [1.29, 1.82) is 0 Å². The predicted octanol–water partition coefficient (Wildman–Crippen LogP) is 2.71. The second-order valence-corrected chi connectivity index (χ2v) is 6.31. The minimum Gasteiger partial charge on any atom is -0.465 e. The van der Waals surface area contributed by atoms with Crippen LogP contribution in [0.25, 0.3) is 0 Å². The van der Waals surface area contributed by atoms with Crippen LogP contribution in [0.15, 0.2) is 5.38 Å². The van der Waals surface area contributed by atoms with Crippen molar-refractivity contribution in [2.75, 3.05) is 14.2 Å².